The average Bonchev–Trinajstić information content (AvgIpc) is 2.88. The maximum atomic E-state index is 13.6. The lowest BCUT2D eigenvalue weighted by Gasteiger charge is -2.38. The Bertz CT molecular complexity index is 1380. The molecule has 0 saturated carbocycles. The zero-order chi connectivity index (χ0) is 24.4. The molecule has 1 N–H and O–H groups in total. The van der Waals surface area contributed by atoms with Gasteiger partial charge in [0.05, 0.1) is 17.7 Å². The van der Waals surface area contributed by atoms with Crippen molar-refractivity contribution in [2.45, 2.75) is 12.8 Å². The number of hydrogen-bond donors (Lipinski definition) is 1. The highest BCUT2D eigenvalue weighted by atomic mass is 35.5. The first-order chi connectivity index (χ1) is 17.0. The van der Waals surface area contributed by atoms with Crippen LogP contribution in [0.25, 0.3) is 0 Å². The molecule has 7 heteroatoms. The summed E-state index contributed by atoms with van der Waals surface area (Å²) in [6.07, 6.45) is -0.427. The Hall–Kier alpha value is -3.67. The molecule has 1 atom stereocenters. The number of nitrogens with one attached hydrogen (secondary N) is 1. The van der Waals surface area contributed by atoms with Crippen LogP contribution in [0.4, 0.5) is 11.4 Å². The van der Waals surface area contributed by atoms with Crippen LogP contribution < -0.4 is 19.7 Å². The van der Waals surface area contributed by atoms with Gasteiger partial charge in [0, 0.05) is 22.0 Å². The summed E-state index contributed by atoms with van der Waals surface area (Å²) in [5, 5.41) is 4.50. The molecule has 0 saturated heterocycles. The molecule has 0 aromatic heterocycles. The predicted molar refractivity (Wildman–Crippen MR) is 140 cm³/mol. The van der Waals surface area contributed by atoms with Gasteiger partial charge in [-0.05, 0) is 60.2 Å². The van der Waals surface area contributed by atoms with Gasteiger partial charge in [0.15, 0.2) is 0 Å². The second-order valence-corrected chi connectivity index (χ2v) is 8.88. The summed E-state index contributed by atoms with van der Waals surface area (Å²) < 4.78 is 11.6. The van der Waals surface area contributed by atoms with Gasteiger partial charge in [0.1, 0.15) is 24.3 Å². The summed E-state index contributed by atoms with van der Waals surface area (Å²) in [5.74, 6) is 1.12. The summed E-state index contributed by atoms with van der Waals surface area (Å²) in [4.78, 5) is 15.4. The minimum absolute atomic E-state index is 0.0721. The van der Waals surface area contributed by atoms with E-state index in [1.54, 1.807) is 30.2 Å². The molecule has 1 heterocycles. The molecule has 4 aromatic carbocycles. The third-order valence-corrected chi connectivity index (χ3v) is 6.39. The fourth-order valence-corrected chi connectivity index (χ4v) is 4.63. The fraction of sp³-hybridized carbons (Fsp3) is 0.107. The molecular weight excluding hydrogens is 483 g/mol. The van der Waals surface area contributed by atoms with Gasteiger partial charge in [-0.25, -0.2) is 0 Å². The lowest BCUT2D eigenvalue weighted by Crippen LogP contribution is -2.43. The molecular formula is C28H22Cl2N2O3. The van der Waals surface area contributed by atoms with E-state index in [1.807, 2.05) is 72.8 Å². The van der Waals surface area contributed by atoms with Gasteiger partial charge in [0.2, 0.25) is 0 Å². The molecule has 1 amide bonds. The van der Waals surface area contributed by atoms with E-state index >= 15 is 0 Å². The van der Waals surface area contributed by atoms with Crippen LogP contribution in [-0.2, 0) is 6.61 Å². The highest BCUT2D eigenvalue weighted by molar-refractivity contribution is 6.35. The van der Waals surface area contributed by atoms with Gasteiger partial charge < -0.3 is 14.8 Å². The number of halogens is 2. The van der Waals surface area contributed by atoms with Crippen molar-refractivity contribution >= 4 is 40.5 Å². The second-order valence-electron chi connectivity index (χ2n) is 8.04. The fourth-order valence-electron chi connectivity index (χ4n) is 4.17. The van der Waals surface area contributed by atoms with Crippen LogP contribution in [0.3, 0.4) is 0 Å². The van der Waals surface area contributed by atoms with E-state index < -0.39 is 6.17 Å². The minimum atomic E-state index is -0.427. The summed E-state index contributed by atoms with van der Waals surface area (Å²) >= 11 is 12.3. The van der Waals surface area contributed by atoms with Crippen molar-refractivity contribution in [3.63, 3.8) is 0 Å². The Labute approximate surface area is 213 Å². The van der Waals surface area contributed by atoms with E-state index in [0.29, 0.717) is 27.1 Å². The number of nitrogens with zero attached hydrogens (tertiary/aromatic N) is 1. The Balaban J connectivity index is 1.52. The summed E-state index contributed by atoms with van der Waals surface area (Å²) in [6, 6.07) is 28.1. The van der Waals surface area contributed by atoms with Crippen LogP contribution >= 0.6 is 23.2 Å². The number of carbonyl (C=O) groups excluding carboxylic acids is 1. The van der Waals surface area contributed by atoms with Crippen molar-refractivity contribution in [1.82, 2.24) is 0 Å². The van der Waals surface area contributed by atoms with Gasteiger partial charge >= 0.3 is 0 Å². The lowest BCUT2D eigenvalue weighted by molar-refractivity contribution is 0.0975. The predicted octanol–water partition coefficient (Wildman–Crippen LogP) is 7.35. The average molecular weight is 505 g/mol. The van der Waals surface area contributed by atoms with Crippen molar-refractivity contribution < 1.29 is 14.3 Å². The van der Waals surface area contributed by atoms with Crippen molar-refractivity contribution in [1.29, 1.82) is 0 Å². The molecule has 0 spiro atoms. The highest BCUT2D eigenvalue weighted by Crippen LogP contribution is 2.38. The lowest BCUT2D eigenvalue weighted by atomic mass is 10.0. The molecule has 176 valence electrons. The third kappa shape index (κ3) is 4.65. The Morgan fingerprint density at radius 3 is 2.40 bits per heavy atom. The molecule has 0 fully saturated rings. The zero-order valence-electron chi connectivity index (χ0n) is 18.9. The summed E-state index contributed by atoms with van der Waals surface area (Å²) in [7, 11) is 1.61. The normalized spacial score (nSPS) is 14.8. The van der Waals surface area contributed by atoms with Gasteiger partial charge in [-0.2, -0.15) is 0 Å². The summed E-state index contributed by atoms with van der Waals surface area (Å²) in [6.45, 7) is 0.223. The molecule has 1 unspecified atom stereocenters. The quantitative estimate of drug-likeness (QED) is 0.298. The molecule has 5 rings (SSSR count). The van der Waals surface area contributed by atoms with E-state index in [-0.39, 0.29) is 12.5 Å². The van der Waals surface area contributed by atoms with Crippen LogP contribution in [-0.4, -0.2) is 13.0 Å². The number of ether oxygens (including phenoxy) is 2. The van der Waals surface area contributed by atoms with Gasteiger partial charge in [-0.3, -0.25) is 9.69 Å². The van der Waals surface area contributed by atoms with Gasteiger partial charge in [-0.1, -0.05) is 59.6 Å². The number of carbonyl (C=O) groups is 1. The number of amides is 1. The van der Waals surface area contributed by atoms with Crippen LogP contribution in [0.5, 0.6) is 11.5 Å². The van der Waals surface area contributed by atoms with Crippen LogP contribution in [0.1, 0.15) is 27.7 Å². The van der Waals surface area contributed by atoms with E-state index in [1.165, 1.54) is 0 Å². The van der Waals surface area contributed by atoms with E-state index in [0.717, 1.165) is 22.5 Å². The number of methoxy groups -OCH3 is 1. The largest absolute Gasteiger partial charge is 0.496 e. The molecule has 5 nitrogen and oxygen atoms in total. The SMILES string of the molecule is COc1ccc(C2Nc3ccccc3C(=O)N2c2ccccc2)cc1COc1ccc(Cl)cc1Cl. The van der Waals surface area contributed by atoms with Crippen molar-refractivity contribution in [2.24, 2.45) is 0 Å². The first-order valence-electron chi connectivity index (χ1n) is 11.0. The first-order valence-corrected chi connectivity index (χ1v) is 11.8. The standard InChI is InChI=1S/C28H22Cl2N2O3/c1-34-25-13-11-18(15-19(25)17-35-26-14-12-20(29)16-23(26)30)27-31-24-10-6-5-9-22(24)28(33)32(27)21-7-3-2-4-8-21/h2-16,27,31H,17H2,1H3. The van der Waals surface area contributed by atoms with Crippen molar-refractivity contribution in [3.05, 3.63) is 118 Å². The number of para-hydroxylation sites is 2. The van der Waals surface area contributed by atoms with Crippen molar-refractivity contribution in [2.75, 3.05) is 17.3 Å². The molecule has 4 aromatic rings. The minimum Gasteiger partial charge on any atom is -0.496 e. The molecule has 0 radical (unpaired) electrons. The molecule has 35 heavy (non-hydrogen) atoms. The monoisotopic (exact) mass is 504 g/mol. The topological polar surface area (TPSA) is 50.8 Å². The summed E-state index contributed by atoms with van der Waals surface area (Å²) in [5.41, 5.74) is 3.92. The van der Waals surface area contributed by atoms with Crippen LogP contribution in [0.15, 0.2) is 91.0 Å². The molecule has 1 aliphatic heterocycles. The molecule has 0 bridgehead atoms. The van der Waals surface area contributed by atoms with Crippen LogP contribution in [0, 0.1) is 0 Å². The smallest absolute Gasteiger partial charge is 0.262 e. The number of hydrogen-bond acceptors (Lipinski definition) is 4. The van der Waals surface area contributed by atoms with Gasteiger partial charge in [-0.15, -0.1) is 0 Å². The maximum absolute atomic E-state index is 13.6. The number of benzene rings is 4. The highest BCUT2D eigenvalue weighted by Gasteiger charge is 2.34. The van der Waals surface area contributed by atoms with Gasteiger partial charge in [0.25, 0.3) is 5.91 Å². The maximum Gasteiger partial charge on any atom is 0.262 e. The van der Waals surface area contributed by atoms with E-state index in [9.17, 15) is 4.79 Å². The van der Waals surface area contributed by atoms with E-state index in [2.05, 4.69) is 5.32 Å². The molecule has 0 aliphatic carbocycles. The first kappa shape index (κ1) is 23.1. The number of anilines is 2. The second kappa shape index (κ2) is 9.90. The Morgan fingerprint density at radius 2 is 1.63 bits per heavy atom. The number of rotatable bonds is 6. The molecule has 1 aliphatic rings. The number of fused-ring (bicyclic) bond motifs is 1. The zero-order valence-corrected chi connectivity index (χ0v) is 20.4. The Morgan fingerprint density at radius 1 is 0.886 bits per heavy atom. The van der Waals surface area contributed by atoms with Crippen LogP contribution in [0.2, 0.25) is 10.0 Å². The third-order valence-electron chi connectivity index (χ3n) is 5.86. The Kier molecular flexibility index (Phi) is 6.53. The van der Waals surface area contributed by atoms with E-state index in [4.69, 9.17) is 32.7 Å². The van der Waals surface area contributed by atoms with Crippen molar-refractivity contribution in [3.8, 4) is 11.5 Å².